The van der Waals surface area contributed by atoms with Crippen molar-refractivity contribution in [2.45, 2.75) is 43.0 Å². The van der Waals surface area contributed by atoms with Gasteiger partial charge in [0, 0.05) is 11.1 Å². The van der Waals surface area contributed by atoms with E-state index in [1.54, 1.807) is 35.5 Å². The van der Waals surface area contributed by atoms with Gasteiger partial charge in [-0.05, 0) is 25.1 Å². The van der Waals surface area contributed by atoms with Crippen molar-refractivity contribution in [2.24, 2.45) is 0 Å². The molecular weight excluding hydrogens is 506 g/mol. The normalized spacial score (nSPS) is 21.5. The Morgan fingerprint density at radius 3 is 2.33 bits per heavy atom. The second-order valence-corrected chi connectivity index (χ2v) is 14.9. The molecule has 2 atom stereocenters. The quantitative estimate of drug-likeness (QED) is 0.397. The molecule has 4 aliphatic rings. The van der Waals surface area contributed by atoms with Crippen LogP contribution < -0.4 is 24.8 Å². The molecule has 1 nitrogen and oxygen atoms in total. The minimum Gasteiger partial charge on any atom is -1.00 e. The number of rotatable bonds is 0. The number of hydrogen-bond acceptors (Lipinski definition) is 1. The Bertz CT molecular complexity index is 1210. The average molecular weight is 532 g/mol. The third kappa shape index (κ3) is 3.28. The van der Waals surface area contributed by atoms with Crippen LogP contribution in [0.25, 0.3) is 22.0 Å². The average Bonchev–Trinajstić information content (AvgIpc) is 3.30. The van der Waals surface area contributed by atoms with Crippen LogP contribution in [0, 0.1) is 6.92 Å². The molecule has 0 spiro atoms. The summed E-state index contributed by atoms with van der Waals surface area (Å²) in [4.78, 5) is 0. The topological polar surface area (TPSA) is 13.1 Å². The maximum Gasteiger partial charge on any atom is -1.00 e. The van der Waals surface area contributed by atoms with Crippen molar-refractivity contribution in [3.05, 3.63) is 81.8 Å². The molecule has 2 aliphatic heterocycles. The van der Waals surface area contributed by atoms with Crippen LogP contribution in [-0.2, 0) is 24.7 Å². The van der Waals surface area contributed by atoms with E-state index >= 15 is 0 Å². The van der Waals surface area contributed by atoms with Gasteiger partial charge in [0.2, 0.25) is 0 Å². The molecule has 153 valence electrons. The fourth-order valence-corrected chi connectivity index (χ4v) is 10.6. The molecule has 0 amide bonds. The first-order chi connectivity index (χ1) is 13.3. The van der Waals surface area contributed by atoms with Crippen molar-refractivity contribution in [1.82, 2.24) is 0 Å². The molecule has 0 saturated carbocycles. The first-order valence-corrected chi connectivity index (χ1v) is 14.5. The Labute approximate surface area is 207 Å². The molecule has 2 unspecified atom stereocenters. The van der Waals surface area contributed by atoms with Crippen LogP contribution in [0.3, 0.4) is 0 Å². The molecule has 0 N–H and O–H groups in total. The van der Waals surface area contributed by atoms with Crippen molar-refractivity contribution in [3.8, 4) is 0 Å². The summed E-state index contributed by atoms with van der Waals surface area (Å²) >= 11 is 1.60. The van der Waals surface area contributed by atoms with Gasteiger partial charge in [-0.2, -0.15) is 0 Å². The molecule has 0 radical (unpaired) electrons. The predicted molar refractivity (Wildman–Crippen MR) is 117 cm³/mol. The van der Waals surface area contributed by atoms with Gasteiger partial charge in [0.15, 0.2) is 0 Å². The minimum atomic E-state index is -1.10. The van der Waals surface area contributed by atoms with Gasteiger partial charge < -0.3 is 29.2 Å². The summed E-state index contributed by atoms with van der Waals surface area (Å²) < 4.78 is 6.46. The first-order valence-electron chi connectivity index (χ1n) is 10.0. The molecule has 2 bridgehead atoms. The Morgan fingerprint density at radius 1 is 0.967 bits per heavy atom. The van der Waals surface area contributed by atoms with Gasteiger partial charge in [-0.1, -0.05) is 18.7 Å². The van der Waals surface area contributed by atoms with Gasteiger partial charge in [0.05, 0.1) is 8.07 Å². The van der Waals surface area contributed by atoms with Gasteiger partial charge in [0.1, 0.15) is 11.5 Å². The Hall–Kier alpha value is -0.860. The summed E-state index contributed by atoms with van der Waals surface area (Å²) in [7, 11) is -1.10. The summed E-state index contributed by atoms with van der Waals surface area (Å²) in [5.74, 6) is 2.35. The van der Waals surface area contributed by atoms with Gasteiger partial charge in [-0.3, -0.25) is 0 Å². The van der Waals surface area contributed by atoms with Crippen LogP contribution in [0.15, 0.2) is 58.0 Å². The van der Waals surface area contributed by atoms with Gasteiger partial charge in [0.25, 0.3) is 0 Å². The van der Waals surface area contributed by atoms with Gasteiger partial charge >= 0.3 is 105 Å². The molecular formula is C25H25Cl2OSiZr. The van der Waals surface area contributed by atoms with Gasteiger partial charge in [-0.15, -0.1) is 0 Å². The van der Waals surface area contributed by atoms with Crippen LogP contribution in [0.2, 0.25) is 13.1 Å². The number of fused-ring (bicyclic) bond motifs is 3. The van der Waals surface area contributed by atoms with E-state index in [1.165, 1.54) is 38.8 Å². The smallest absolute Gasteiger partial charge is 1.00 e. The third-order valence-electron chi connectivity index (χ3n) is 6.75. The number of furan rings is 1. The Balaban J connectivity index is 0.000000161. The monoisotopic (exact) mass is 529 g/mol. The van der Waals surface area contributed by atoms with Crippen LogP contribution in [0.4, 0.5) is 0 Å². The molecule has 7 rings (SSSR count). The number of allylic oxidation sites excluding steroid dienone is 2. The molecule has 0 fully saturated rings. The Morgan fingerprint density at radius 2 is 1.67 bits per heavy atom. The third-order valence-corrected chi connectivity index (χ3v) is 12.7. The SMILES string of the molecule is CC1=C2c3cc(C)oc3C1[Si]2(C)C.CC1=Cc2c(ccc3ccccc23)[CH]1[Zr+2].[Cl-].[Cl-]. The van der Waals surface area contributed by atoms with Crippen molar-refractivity contribution in [1.29, 1.82) is 0 Å². The molecule has 30 heavy (non-hydrogen) atoms. The van der Waals surface area contributed by atoms with Crippen LogP contribution in [0.1, 0.15) is 51.2 Å². The number of benzene rings is 2. The summed E-state index contributed by atoms with van der Waals surface area (Å²) in [5.41, 5.74) is 8.21. The second-order valence-electron chi connectivity index (χ2n) is 8.96. The summed E-state index contributed by atoms with van der Waals surface area (Å²) in [6.45, 7) is 11.5. The molecule has 2 aliphatic carbocycles. The zero-order valence-corrected chi connectivity index (χ0v) is 22.9. The number of hydrogen-bond donors (Lipinski definition) is 0. The van der Waals surface area contributed by atoms with E-state index in [2.05, 4.69) is 75.5 Å². The van der Waals surface area contributed by atoms with E-state index in [-0.39, 0.29) is 24.8 Å². The van der Waals surface area contributed by atoms with E-state index < -0.39 is 8.07 Å². The van der Waals surface area contributed by atoms with E-state index in [9.17, 15) is 0 Å². The molecule has 3 aromatic rings. The van der Waals surface area contributed by atoms with E-state index in [0.717, 1.165) is 5.76 Å². The van der Waals surface area contributed by atoms with Crippen molar-refractivity contribution in [2.75, 3.05) is 0 Å². The largest absolute Gasteiger partial charge is 1.00 e. The Kier molecular flexibility index (Phi) is 6.54. The zero-order chi connectivity index (χ0) is 19.8. The summed E-state index contributed by atoms with van der Waals surface area (Å²) in [6.07, 6.45) is 2.36. The van der Waals surface area contributed by atoms with Crippen molar-refractivity contribution < 1.29 is 54.0 Å². The van der Waals surface area contributed by atoms with E-state index in [1.807, 2.05) is 6.92 Å². The maximum absolute atomic E-state index is 5.78. The van der Waals surface area contributed by atoms with Crippen LogP contribution in [0.5, 0.6) is 0 Å². The van der Waals surface area contributed by atoms with Crippen molar-refractivity contribution >= 4 is 30.1 Å². The first kappa shape index (κ1) is 23.8. The van der Waals surface area contributed by atoms with Crippen LogP contribution in [-0.4, -0.2) is 8.07 Å². The minimum absolute atomic E-state index is 0. The predicted octanol–water partition coefficient (Wildman–Crippen LogP) is 1.11. The fraction of sp³-hybridized carbons (Fsp3) is 0.280. The van der Waals surface area contributed by atoms with Crippen molar-refractivity contribution in [3.63, 3.8) is 0 Å². The summed E-state index contributed by atoms with van der Waals surface area (Å²) in [5, 5.41) is 4.42. The van der Waals surface area contributed by atoms with Crippen LogP contribution >= 0.6 is 0 Å². The molecule has 3 heterocycles. The fourth-order valence-electron chi connectivity index (χ4n) is 5.57. The molecule has 5 heteroatoms. The summed E-state index contributed by atoms with van der Waals surface area (Å²) in [6, 6.07) is 15.4. The standard InChI is InChI=1S/C14H11.C11H14OSi.2ClH.Zr/c1-10-8-12-7-6-11-4-2-3-5-13(11)14(12)9-10;1-6-5-8-9(12-6)11-7(2)10(8)13(11,3)4;;;/h2-9H,1H3;5,11H,1-4H3;2*1H;/q;;;;+2/p-2. The van der Waals surface area contributed by atoms with E-state index in [4.69, 9.17) is 4.42 Å². The second kappa shape index (κ2) is 8.24. The van der Waals surface area contributed by atoms with E-state index in [0.29, 0.717) is 9.17 Å². The maximum atomic E-state index is 5.78. The molecule has 2 aromatic carbocycles. The molecule has 1 aromatic heterocycles. The zero-order valence-electron chi connectivity index (χ0n) is 17.9. The number of halogens is 2. The number of aryl methyl sites for hydroxylation is 1. The molecule has 0 saturated heterocycles. The van der Waals surface area contributed by atoms with Gasteiger partial charge in [-0.25, -0.2) is 0 Å².